The van der Waals surface area contributed by atoms with Crippen LogP contribution in [0.1, 0.15) is 63.2 Å². The van der Waals surface area contributed by atoms with Gasteiger partial charge in [-0.05, 0) is 61.4 Å². The van der Waals surface area contributed by atoms with E-state index in [1.165, 1.54) is 36.1 Å². The van der Waals surface area contributed by atoms with Crippen molar-refractivity contribution in [2.45, 2.75) is 38.6 Å². The molecule has 160 valence electrons. The SMILES string of the molecule is C[C@H](NC(=O)COC(=O)CN1C(=O)c2ccccc2C1=O)c1ccc2c(c1)CCCC2. The number of rotatable bonds is 6. The highest BCUT2D eigenvalue weighted by molar-refractivity contribution is 6.22. The van der Waals surface area contributed by atoms with E-state index in [1.807, 2.05) is 13.0 Å². The van der Waals surface area contributed by atoms with Gasteiger partial charge in [-0.1, -0.05) is 30.3 Å². The Balaban J connectivity index is 1.28. The van der Waals surface area contributed by atoms with Crippen LogP contribution in [0.25, 0.3) is 0 Å². The van der Waals surface area contributed by atoms with Gasteiger partial charge in [-0.15, -0.1) is 0 Å². The number of ether oxygens (including phenoxy) is 1. The minimum absolute atomic E-state index is 0.227. The number of imide groups is 1. The van der Waals surface area contributed by atoms with E-state index in [2.05, 4.69) is 17.4 Å². The van der Waals surface area contributed by atoms with Crippen molar-refractivity contribution in [3.8, 4) is 0 Å². The molecule has 0 unspecified atom stereocenters. The highest BCUT2D eigenvalue weighted by atomic mass is 16.5. The van der Waals surface area contributed by atoms with Gasteiger partial charge in [0, 0.05) is 0 Å². The molecule has 4 rings (SSSR count). The van der Waals surface area contributed by atoms with Crippen molar-refractivity contribution in [2.75, 3.05) is 13.2 Å². The molecule has 1 N–H and O–H groups in total. The molecule has 0 fully saturated rings. The Labute approximate surface area is 180 Å². The predicted molar refractivity (Wildman–Crippen MR) is 112 cm³/mol. The number of hydrogen-bond acceptors (Lipinski definition) is 5. The Morgan fingerprint density at radius 2 is 1.65 bits per heavy atom. The third-order valence-electron chi connectivity index (χ3n) is 5.78. The normalized spacial score (nSPS) is 15.8. The summed E-state index contributed by atoms with van der Waals surface area (Å²) in [4.78, 5) is 49.8. The zero-order valence-electron chi connectivity index (χ0n) is 17.3. The van der Waals surface area contributed by atoms with Crippen molar-refractivity contribution < 1.29 is 23.9 Å². The summed E-state index contributed by atoms with van der Waals surface area (Å²) in [6, 6.07) is 12.4. The van der Waals surface area contributed by atoms with Crippen LogP contribution in [0.5, 0.6) is 0 Å². The lowest BCUT2D eigenvalue weighted by Gasteiger charge is -2.20. The molecule has 1 atom stereocenters. The highest BCUT2D eigenvalue weighted by Crippen LogP contribution is 2.25. The number of nitrogens with zero attached hydrogens (tertiary/aromatic N) is 1. The Morgan fingerprint density at radius 3 is 2.32 bits per heavy atom. The molecule has 2 aromatic carbocycles. The first-order valence-corrected chi connectivity index (χ1v) is 10.5. The molecule has 1 aliphatic carbocycles. The van der Waals surface area contributed by atoms with Crippen LogP contribution in [-0.4, -0.2) is 41.7 Å². The van der Waals surface area contributed by atoms with Crippen LogP contribution in [0, 0.1) is 0 Å². The first kappa shape index (κ1) is 20.8. The number of nitrogens with one attached hydrogen (secondary N) is 1. The molecule has 1 heterocycles. The van der Waals surface area contributed by atoms with Crippen LogP contribution < -0.4 is 5.32 Å². The number of benzene rings is 2. The summed E-state index contributed by atoms with van der Waals surface area (Å²) in [6.45, 7) is 0.875. The van der Waals surface area contributed by atoms with Crippen LogP contribution in [-0.2, 0) is 27.2 Å². The molecule has 0 saturated heterocycles. The predicted octanol–water partition coefficient (Wildman–Crippen LogP) is 2.58. The fourth-order valence-electron chi connectivity index (χ4n) is 4.09. The fourth-order valence-corrected chi connectivity index (χ4v) is 4.09. The number of fused-ring (bicyclic) bond motifs is 2. The Hall–Kier alpha value is -3.48. The van der Waals surface area contributed by atoms with Crippen molar-refractivity contribution in [2.24, 2.45) is 0 Å². The first-order valence-electron chi connectivity index (χ1n) is 10.5. The van der Waals surface area contributed by atoms with E-state index in [0.29, 0.717) is 0 Å². The number of hydrogen-bond donors (Lipinski definition) is 1. The number of aryl methyl sites for hydroxylation is 2. The average molecular weight is 420 g/mol. The van der Waals surface area contributed by atoms with Gasteiger partial charge in [-0.2, -0.15) is 0 Å². The molecule has 31 heavy (non-hydrogen) atoms. The Kier molecular flexibility index (Phi) is 5.84. The zero-order valence-corrected chi connectivity index (χ0v) is 17.3. The van der Waals surface area contributed by atoms with Gasteiger partial charge < -0.3 is 10.1 Å². The maximum Gasteiger partial charge on any atom is 0.326 e. The summed E-state index contributed by atoms with van der Waals surface area (Å²) in [6.07, 6.45) is 4.55. The van der Waals surface area contributed by atoms with Crippen molar-refractivity contribution >= 4 is 23.7 Å². The molecule has 3 amide bonds. The van der Waals surface area contributed by atoms with E-state index in [-0.39, 0.29) is 17.2 Å². The van der Waals surface area contributed by atoms with Crippen LogP contribution in [0.3, 0.4) is 0 Å². The van der Waals surface area contributed by atoms with Crippen molar-refractivity contribution in [3.05, 3.63) is 70.3 Å². The number of carbonyl (C=O) groups is 4. The topological polar surface area (TPSA) is 92.8 Å². The molecular formula is C24H24N2O5. The summed E-state index contributed by atoms with van der Waals surface area (Å²) < 4.78 is 4.99. The lowest BCUT2D eigenvalue weighted by Crippen LogP contribution is -2.37. The Morgan fingerprint density at radius 1 is 1.00 bits per heavy atom. The minimum Gasteiger partial charge on any atom is -0.454 e. The maximum atomic E-state index is 12.3. The van der Waals surface area contributed by atoms with E-state index in [0.717, 1.165) is 23.3 Å². The number of amides is 3. The fraction of sp³-hybridized carbons (Fsp3) is 0.333. The molecule has 0 saturated carbocycles. The third-order valence-corrected chi connectivity index (χ3v) is 5.78. The standard InChI is InChI=1S/C24H24N2O5/c1-15(17-11-10-16-6-2-3-7-18(16)12-17)25-21(27)14-31-22(28)13-26-23(29)19-8-4-5-9-20(19)24(26)30/h4-5,8-12,15H,2-3,6-7,13-14H2,1H3,(H,25,27)/t15-/m0/s1. The quantitative estimate of drug-likeness (QED) is 0.573. The van der Waals surface area contributed by atoms with Gasteiger partial charge in [-0.3, -0.25) is 24.1 Å². The van der Waals surface area contributed by atoms with Crippen molar-refractivity contribution in [3.63, 3.8) is 0 Å². The van der Waals surface area contributed by atoms with Crippen LogP contribution in [0.15, 0.2) is 42.5 Å². The molecule has 0 radical (unpaired) electrons. The van der Waals surface area contributed by atoms with Crippen LogP contribution in [0.2, 0.25) is 0 Å². The molecule has 0 aromatic heterocycles. The van der Waals surface area contributed by atoms with Gasteiger partial charge >= 0.3 is 5.97 Å². The van der Waals surface area contributed by atoms with Gasteiger partial charge in [0.2, 0.25) is 0 Å². The third kappa shape index (κ3) is 4.35. The van der Waals surface area contributed by atoms with Crippen LogP contribution in [0.4, 0.5) is 0 Å². The Bertz CT molecular complexity index is 1030. The van der Waals surface area contributed by atoms with E-state index in [4.69, 9.17) is 4.74 Å². The summed E-state index contributed by atoms with van der Waals surface area (Å²) in [5, 5.41) is 2.82. The minimum atomic E-state index is -0.814. The molecule has 7 heteroatoms. The second-order valence-electron chi connectivity index (χ2n) is 7.93. The van der Waals surface area contributed by atoms with E-state index >= 15 is 0 Å². The zero-order chi connectivity index (χ0) is 22.0. The first-order chi connectivity index (χ1) is 14.9. The molecular weight excluding hydrogens is 396 g/mol. The smallest absolute Gasteiger partial charge is 0.326 e. The molecule has 1 aliphatic heterocycles. The van der Waals surface area contributed by atoms with E-state index in [9.17, 15) is 19.2 Å². The number of carbonyl (C=O) groups excluding carboxylic acids is 4. The molecule has 0 bridgehead atoms. The summed E-state index contributed by atoms with van der Waals surface area (Å²) >= 11 is 0. The molecule has 7 nitrogen and oxygen atoms in total. The summed E-state index contributed by atoms with van der Waals surface area (Å²) in [5.41, 5.74) is 4.23. The van der Waals surface area contributed by atoms with Gasteiger partial charge in [0.05, 0.1) is 17.2 Å². The van der Waals surface area contributed by atoms with Gasteiger partial charge in [0.25, 0.3) is 17.7 Å². The van der Waals surface area contributed by atoms with Crippen LogP contribution >= 0.6 is 0 Å². The summed E-state index contributed by atoms with van der Waals surface area (Å²) in [5.74, 6) is -2.34. The molecule has 2 aromatic rings. The maximum absolute atomic E-state index is 12.3. The largest absolute Gasteiger partial charge is 0.454 e. The van der Waals surface area contributed by atoms with Gasteiger partial charge in [0.1, 0.15) is 6.54 Å². The highest BCUT2D eigenvalue weighted by Gasteiger charge is 2.36. The van der Waals surface area contributed by atoms with E-state index < -0.39 is 36.8 Å². The second kappa shape index (κ2) is 8.71. The average Bonchev–Trinajstić information content (AvgIpc) is 3.02. The van der Waals surface area contributed by atoms with Gasteiger partial charge in [0.15, 0.2) is 6.61 Å². The monoisotopic (exact) mass is 420 g/mol. The lowest BCUT2D eigenvalue weighted by atomic mass is 9.89. The molecule has 2 aliphatic rings. The second-order valence-corrected chi connectivity index (χ2v) is 7.93. The van der Waals surface area contributed by atoms with Crippen molar-refractivity contribution in [1.82, 2.24) is 10.2 Å². The van der Waals surface area contributed by atoms with Gasteiger partial charge in [-0.25, -0.2) is 0 Å². The van der Waals surface area contributed by atoms with E-state index in [1.54, 1.807) is 12.1 Å². The molecule has 0 spiro atoms. The van der Waals surface area contributed by atoms with Crippen molar-refractivity contribution in [1.29, 1.82) is 0 Å². The summed E-state index contributed by atoms with van der Waals surface area (Å²) in [7, 11) is 0. The lowest BCUT2D eigenvalue weighted by molar-refractivity contribution is -0.148. The number of esters is 1.